The Morgan fingerprint density at radius 2 is 1.24 bits per heavy atom. The Kier molecular flexibility index (Phi) is 4.70. The second-order valence-corrected chi connectivity index (χ2v) is 9.40. The van der Waals surface area contributed by atoms with Crippen LogP contribution >= 0.6 is 15.9 Å². The van der Waals surface area contributed by atoms with Crippen molar-refractivity contribution < 1.29 is 5.11 Å². The number of hydrogen-bond acceptors (Lipinski definition) is 1. The summed E-state index contributed by atoms with van der Waals surface area (Å²) in [5, 5.41) is 18.1. The molecular weight excluding hydrogens is 468 g/mol. The number of aromatic hydroxyl groups is 1. The third kappa shape index (κ3) is 3.30. The van der Waals surface area contributed by atoms with Gasteiger partial charge in [0.2, 0.25) is 0 Å². The lowest BCUT2D eigenvalue weighted by Crippen LogP contribution is -1.88. The summed E-state index contributed by atoms with van der Waals surface area (Å²) in [6.07, 6.45) is 0. The molecule has 0 aliphatic rings. The number of benzene rings is 6. The molecule has 6 aromatic carbocycles. The molecule has 0 aliphatic heterocycles. The Bertz CT molecular complexity index is 1680. The van der Waals surface area contributed by atoms with Crippen LogP contribution in [0.4, 0.5) is 0 Å². The molecule has 6 aromatic rings. The van der Waals surface area contributed by atoms with Gasteiger partial charge in [-0.15, -0.1) is 0 Å². The molecule has 0 fully saturated rings. The van der Waals surface area contributed by atoms with Gasteiger partial charge in [0.05, 0.1) is 0 Å². The molecule has 158 valence electrons. The SMILES string of the molecule is Cc1ccc(-c2ccc3c(ccc4c5ccccc5ccc34)c2)cc1-c1c(O)cccc1Br. The number of aryl methyl sites for hydroxylation is 1. The molecule has 0 radical (unpaired) electrons. The number of hydrogen-bond donors (Lipinski definition) is 1. The first-order chi connectivity index (χ1) is 16.1. The predicted octanol–water partition coefficient (Wildman–Crippen LogP) is 9.26. The quantitative estimate of drug-likeness (QED) is 0.240. The highest BCUT2D eigenvalue weighted by molar-refractivity contribution is 9.10. The van der Waals surface area contributed by atoms with Crippen LogP contribution in [0, 0.1) is 6.92 Å². The Hall–Kier alpha value is -3.62. The monoisotopic (exact) mass is 488 g/mol. The summed E-state index contributed by atoms with van der Waals surface area (Å²) < 4.78 is 0.889. The van der Waals surface area contributed by atoms with E-state index in [-0.39, 0.29) is 5.75 Å². The summed E-state index contributed by atoms with van der Waals surface area (Å²) in [6.45, 7) is 2.08. The molecule has 6 rings (SSSR count). The largest absolute Gasteiger partial charge is 0.507 e. The summed E-state index contributed by atoms with van der Waals surface area (Å²) in [7, 11) is 0. The third-order valence-corrected chi connectivity index (χ3v) is 7.23. The third-order valence-electron chi connectivity index (χ3n) is 6.57. The summed E-state index contributed by atoms with van der Waals surface area (Å²) in [5.74, 6) is 0.279. The minimum atomic E-state index is 0.279. The van der Waals surface area contributed by atoms with Crippen molar-refractivity contribution >= 4 is 48.2 Å². The van der Waals surface area contributed by atoms with Crippen molar-refractivity contribution in [2.75, 3.05) is 0 Å². The van der Waals surface area contributed by atoms with Gasteiger partial charge in [0.15, 0.2) is 0 Å². The van der Waals surface area contributed by atoms with E-state index in [0.717, 1.165) is 32.3 Å². The minimum Gasteiger partial charge on any atom is -0.507 e. The molecule has 0 saturated carbocycles. The maximum absolute atomic E-state index is 10.5. The highest BCUT2D eigenvalue weighted by atomic mass is 79.9. The molecular formula is C31H21BrO. The fraction of sp³-hybridized carbons (Fsp3) is 0.0323. The van der Waals surface area contributed by atoms with Gasteiger partial charge in [-0.2, -0.15) is 0 Å². The van der Waals surface area contributed by atoms with E-state index in [9.17, 15) is 5.11 Å². The molecule has 0 bridgehead atoms. The van der Waals surface area contributed by atoms with E-state index in [4.69, 9.17) is 0 Å². The van der Waals surface area contributed by atoms with Crippen LogP contribution < -0.4 is 0 Å². The van der Waals surface area contributed by atoms with Crippen LogP contribution in [0.25, 0.3) is 54.6 Å². The average Bonchev–Trinajstić information content (AvgIpc) is 2.84. The zero-order valence-corrected chi connectivity index (χ0v) is 19.7. The summed E-state index contributed by atoms with van der Waals surface area (Å²) >= 11 is 3.61. The number of phenols is 1. The summed E-state index contributed by atoms with van der Waals surface area (Å²) in [6, 6.07) is 36.2. The van der Waals surface area contributed by atoms with Gasteiger partial charge in [0.1, 0.15) is 5.75 Å². The lowest BCUT2D eigenvalue weighted by molar-refractivity contribution is 0.477. The highest BCUT2D eigenvalue weighted by Gasteiger charge is 2.13. The highest BCUT2D eigenvalue weighted by Crippen LogP contribution is 2.40. The van der Waals surface area contributed by atoms with E-state index in [0.29, 0.717) is 0 Å². The van der Waals surface area contributed by atoms with E-state index >= 15 is 0 Å². The Balaban J connectivity index is 1.52. The molecule has 0 aliphatic carbocycles. The Morgan fingerprint density at radius 1 is 0.576 bits per heavy atom. The van der Waals surface area contributed by atoms with Crippen molar-refractivity contribution in [1.29, 1.82) is 0 Å². The lowest BCUT2D eigenvalue weighted by Gasteiger charge is -2.14. The first-order valence-electron chi connectivity index (χ1n) is 11.0. The zero-order chi connectivity index (χ0) is 22.5. The number of halogens is 1. The fourth-order valence-electron chi connectivity index (χ4n) is 4.86. The average molecular weight is 489 g/mol. The van der Waals surface area contributed by atoms with E-state index in [1.54, 1.807) is 6.07 Å². The van der Waals surface area contributed by atoms with Gasteiger partial charge < -0.3 is 5.11 Å². The van der Waals surface area contributed by atoms with Crippen LogP contribution in [0.5, 0.6) is 5.75 Å². The molecule has 0 unspecified atom stereocenters. The van der Waals surface area contributed by atoms with Crippen molar-refractivity contribution in [3.63, 3.8) is 0 Å². The Labute approximate surface area is 201 Å². The van der Waals surface area contributed by atoms with Gasteiger partial charge in [-0.1, -0.05) is 94.8 Å². The van der Waals surface area contributed by atoms with E-state index in [1.807, 2.05) is 12.1 Å². The minimum absolute atomic E-state index is 0.279. The maximum Gasteiger partial charge on any atom is 0.124 e. The predicted molar refractivity (Wildman–Crippen MR) is 144 cm³/mol. The van der Waals surface area contributed by atoms with Crippen LogP contribution in [0.2, 0.25) is 0 Å². The number of phenolic OH excluding ortho intramolecular Hbond substituents is 1. The van der Waals surface area contributed by atoms with Crippen LogP contribution in [0.3, 0.4) is 0 Å². The number of fused-ring (bicyclic) bond motifs is 5. The van der Waals surface area contributed by atoms with Gasteiger partial charge >= 0.3 is 0 Å². The smallest absolute Gasteiger partial charge is 0.124 e. The molecule has 33 heavy (non-hydrogen) atoms. The fourth-order valence-corrected chi connectivity index (χ4v) is 5.43. The molecule has 1 nitrogen and oxygen atoms in total. The summed E-state index contributed by atoms with van der Waals surface area (Å²) in [5.41, 5.74) is 5.28. The van der Waals surface area contributed by atoms with Crippen molar-refractivity contribution in [2.24, 2.45) is 0 Å². The summed E-state index contributed by atoms with van der Waals surface area (Å²) in [4.78, 5) is 0. The second-order valence-electron chi connectivity index (χ2n) is 8.55. The van der Waals surface area contributed by atoms with Gasteiger partial charge in [0, 0.05) is 10.0 Å². The zero-order valence-electron chi connectivity index (χ0n) is 18.1. The van der Waals surface area contributed by atoms with Crippen molar-refractivity contribution in [3.05, 3.63) is 113 Å². The van der Waals surface area contributed by atoms with Crippen molar-refractivity contribution in [2.45, 2.75) is 6.92 Å². The molecule has 0 heterocycles. The van der Waals surface area contributed by atoms with Gasteiger partial charge in [-0.3, -0.25) is 0 Å². The topological polar surface area (TPSA) is 20.2 Å². The molecule has 0 spiro atoms. The van der Waals surface area contributed by atoms with Crippen LogP contribution in [0.15, 0.2) is 108 Å². The molecule has 0 saturated heterocycles. The second kappa shape index (κ2) is 7.75. The van der Waals surface area contributed by atoms with E-state index in [2.05, 4.69) is 108 Å². The first kappa shape index (κ1) is 20.0. The molecule has 0 aromatic heterocycles. The first-order valence-corrected chi connectivity index (χ1v) is 11.8. The van der Waals surface area contributed by atoms with Gasteiger partial charge in [-0.05, 0) is 85.8 Å². The van der Waals surface area contributed by atoms with E-state index < -0.39 is 0 Å². The number of rotatable bonds is 2. The molecule has 2 heteroatoms. The van der Waals surface area contributed by atoms with E-state index in [1.165, 1.54) is 32.3 Å². The van der Waals surface area contributed by atoms with Crippen molar-refractivity contribution in [1.82, 2.24) is 0 Å². The van der Waals surface area contributed by atoms with Gasteiger partial charge in [0.25, 0.3) is 0 Å². The van der Waals surface area contributed by atoms with Crippen molar-refractivity contribution in [3.8, 4) is 28.0 Å². The standard InChI is InChI=1S/C31H21BrO/c1-19-9-10-22(18-28(19)31-29(32)7-4-8-30(31)33)21-12-14-25-23(17-21)13-16-26-24-6-3-2-5-20(24)11-15-27(25)26/h2-18,33H,1H3. The molecule has 1 N–H and O–H groups in total. The normalized spacial score (nSPS) is 11.5. The Morgan fingerprint density at radius 3 is 2.06 bits per heavy atom. The molecule has 0 amide bonds. The van der Waals surface area contributed by atoms with Gasteiger partial charge in [-0.25, -0.2) is 0 Å². The molecule has 0 atom stereocenters. The van der Waals surface area contributed by atoms with Crippen LogP contribution in [0.1, 0.15) is 5.56 Å². The lowest BCUT2D eigenvalue weighted by atomic mass is 9.92. The maximum atomic E-state index is 10.5. The van der Waals surface area contributed by atoms with Crippen LogP contribution in [-0.2, 0) is 0 Å². The van der Waals surface area contributed by atoms with Crippen LogP contribution in [-0.4, -0.2) is 5.11 Å².